The lowest BCUT2D eigenvalue weighted by molar-refractivity contribution is -0.121. The van der Waals surface area contributed by atoms with Crippen LogP contribution in [-0.4, -0.2) is 40.9 Å². The molecule has 9 heteroatoms. The molecule has 160 valence electrons. The molecule has 1 aliphatic rings. The number of carbonyl (C=O) groups excluding carboxylic acids is 1. The van der Waals surface area contributed by atoms with Crippen LogP contribution in [0, 0.1) is 18.3 Å². The number of fused-ring (bicyclic) bond motifs is 2. The van der Waals surface area contributed by atoms with Crippen molar-refractivity contribution in [3.63, 3.8) is 0 Å². The van der Waals surface area contributed by atoms with Gasteiger partial charge in [0, 0.05) is 48.6 Å². The summed E-state index contributed by atoms with van der Waals surface area (Å²) in [6, 6.07) is 10.00. The maximum Gasteiger partial charge on any atom is 0.244 e. The van der Waals surface area contributed by atoms with Gasteiger partial charge in [-0.05, 0) is 25.0 Å². The topological polar surface area (TPSA) is 131 Å². The number of ether oxygens (including phenoxy) is 2. The first-order chi connectivity index (χ1) is 15.0. The number of nitrogens with one attached hydrogen (secondary N) is 2. The summed E-state index contributed by atoms with van der Waals surface area (Å²) in [6.07, 6.45) is 2.66. The molecule has 1 aliphatic heterocycles. The van der Waals surface area contributed by atoms with Crippen molar-refractivity contribution in [3.05, 3.63) is 58.7 Å². The van der Waals surface area contributed by atoms with Crippen LogP contribution in [0.15, 0.2) is 41.9 Å². The molecule has 0 spiro atoms. The molecule has 2 aromatic heterocycles. The standard InChI is InChI=1S/C22H24N6O3/c1-13-19-20(15(10-23)21(24)31-22(19)27-26-13)16-11-28(17-7-4-3-6-14(16)17)12-18(29)25-8-5-9-30-2/h3-4,6-7,11,20H,5,8-9,12,24H2,1-2H3,(H,25,29)(H,26,27). The number of nitrogens with zero attached hydrogens (tertiary/aromatic N) is 3. The van der Waals surface area contributed by atoms with Crippen molar-refractivity contribution < 1.29 is 14.3 Å². The lowest BCUT2D eigenvalue weighted by Gasteiger charge is -2.23. The van der Waals surface area contributed by atoms with Gasteiger partial charge in [-0.15, -0.1) is 5.10 Å². The monoisotopic (exact) mass is 420 g/mol. The Labute approximate surface area is 179 Å². The molecule has 0 bridgehead atoms. The first-order valence-electron chi connectivity index (χ1n) is 10.0. The van der Waals surface area contributed by atoms with Gasteiger partial charge in [-0.3, -0.25) is 9.89 Å². The molecule has 0 saturated heterocycles. The number of rotatable bonds is 7. The summed E-state index contributed by atoms with van der Waals surface area (Å²) in [6.45, 7) is 3.19. The minimum absolute atomic E-state index is 0.0409. The summed E-state index contributed by atoms with van der Waals surface area (Å²) in [5, 5.41) is 20.8. The van der Waals surface area contributed by atoms with Crippen LogP contribution in [0.1, 0.15) is 29.2 Å². The SMILES string of the molecule is COCCCNC(=O)Cn1cc(C2C(C#N)=C(N)Oc3n[nH]c(C)c32)c2ccccc21. The smallest absolute Gasteiger partial charge is 0.244 e. The molecular formula is C22H24N6O3. The Bertz CT molecular complexity index is 1200. The Balaban J connectivity index is 1.75. The number of H-pyrrole nitrogens is 1. The molecule has 0 saturated carbocycles. The number of methoxy groups -OCH3 is 1. The normalized spacial score (nSPS) is 15.5. The lowest BCUT2D eigenvalue weighted by atomic mass is 9.84. The highest BCUT2D eigenvalue weighted by Crippen LogP contribution is 2.45. The van der Waals surface area contributed by atoms with E-state index in [9.17, 15) is 10.1 Å². The van der Waals surface area contributed by atoms with Crippen LogP contribution in [0.4, 0.5) is 0 Å². The molecule has 3 aromatic rings. The van der Waals surface area contributed by atoms with E-state index in [0.29, 0.717) is 24.6 Å². The van der Waals surface area contributed by atoms with Crippen LogP contribution in [0.5, 0.6) is 5.88 Å². The molecule has 9 nitrogen and oxygen atoms in total. The molecule has 1 amide bonds. The maximum absolute atomic E-state index is 12.5. The maximum atomic E-state index is 12.5. The molecule has 0 aliphatic carbocycles. The summed E-state index contributed by atoms with van der Waals surface area (Å²) in [5.41, 5.74) is 9.72. The average Bonchev–Trinajstić information content (AvgIpc) is 3.31. The molecule has 1 atom stereocenters. The van der Waals surface area contributed by atoms with Gasteiger partial charge in [0.2, 0.25) is 17.7 Å². The highest BCUT2D eigenvalue weighted by molar-refractivity contribution is 5.88. The van der Waals surface area contributed by atoms with Crippen molar-refractivity contribution in [1.82, 2.24) is 20.1 Å². The number of nitriles is 1. The minimum atomic E-state index is -0.441. The Hall–Kier alpha value is -3.77. The predicted molar refractivity (Wildman–Crippen MR) is 114 cm³/mol. The molecule has 4 N–H and O–H groups in total. The van der Waals surface area contributed by atoms with Crippen LogP contribution in [0.2, 0.25) is 0 Å². The second-order valence-corrected chi connectivity index (χ2v) is 7.42. The van der Waals surface area contributed by atoms with Crippen molar-refractivity contribution in [2.45, 2.75) is 25.8 Å². The third-order valence-corrected chi connectivity index (χ3v) is 5.42. The van der Waals surface area contributed by atoms with E-state index in [1.165, 1.54) is 0 Å². The number of hydrogen-bond acceptors (Lipinski definition) is 6. The van der Waals surface area contributed by atoms with Gasteiger partial charge >= 0.3 is 0 Å². The van der Waals surface area contributed by atoms with E-state index >= 15 is 0 Å². The Morgan fingerprint density at radius 3 is 3.03 bits per heavy atom. The Morgan fingerprint density at radius 1 is 1.45 bits per heavy atom. The number of para-hydroxylation sites is 1. The molecule has 3 heterocycles. The number of allylic oxidation sites excluding steroid dienone is 1. The number of aryl methyl sites for hydroxylation is 1. The zero-order valence-corrected chi connectivity index (χ0v) is 17.4. The molecule has 4 rings (SSSR count). The Morgan fingerprint density at radius 2 is 2.26 bits per heavy atom. The highest BCUT2D eigenvalue weighted by atomic mass is 16.5. The summed E-state index contributed by atoms with van der Waals surface area (Å²) in [7, 11) is 1.63. The predicted octanol–water partition coefficient (Wildman–Crippen LogP) is 2.04. The van der Waals surface area contributed by atoms with Crippen LogP contribution in [0.3, 0.4) is 0 Å². The zero-order chi connectivity index (χ0) is 22.0. The largest absolute Gasteiger partial charge is 0.420 e. The number of nitrogens with two attached hydrogens (primary N) is 1. The fraction of sp³-hybridized carbons (Fsp3) is 0.318. The fourth-order valence-electron chi connectivity index (χ4n) is 4.00. The zero-order valence-electron chi connectivity index (χ0n) is 17.4. The third-order valence-electron chi connectivity index (χ3n) is 5.42. The number of carbonyl (C=O) groups is 1. The van der Waals surface area contributed by atoms with Gasteiger partial charge in [-0.25, -0.2) is 0 Å². The number of aromatic amines is 1. The highest BCUT2D eigenvalue weighted by Gasteiger charge is 2.36. The average molecular weight is 420 g/mol. The van der Waals surface area contributed by atoms with Crippen molar-refractivity contribution >= 4 is 16.8 Å². The van der Waals surface area contributed by atoms with Gasteiger partial charge in [0.15, 0.2) is 0 Å². The molecule has 31 heavy (non-hydrogen) atoms. The van der Waals surface area contributed by atoms with Gasteiger partial charge in [0.05, 0.1) is 5.92 Å². The summed E-state index contributed by atoms with van der Waals surface area (Å²) < 4.78 is 12.5. The van der Waals surface area contributed by atoms with Crippen molar-refractivity contribution in [1.29, 1.82) is 5.26 Å². The van der Waals surface area contributed by atoms with E-state index in [0.717, 1.165) is 34.1 Å². The Kier molecular flexibility index (Phi) is 5.64. The summed E-state index contributed by atoms with van der Waals surface area (Å²) in [4.78, 5) is 12.5. The van der Waals surface area contributed by atoms with Crippen molar-refractivity contribution in [2.75, 3.05) is 20.3 Å². The first-order valence-corrected chi connectivity index (χ1v) is 10.0. The van der Waals surface area contributed by atoms with E-state index in [1.54, 1.807) is 7.11 Å². The van der Waals surface area contributed by atoms with Crippen LogP contribution in [0.25, 0.3) is 10.9 Å². The molecule has 0 radical (unpaired) electrons. The van der Waals surface area contributed by atoms with Gasteiger partial charge in [-0.2, -0.15) is 5.26 Å². The van der Waals surface area contributed by atoms with Crippen molar-refractivity contribution in [2.24, 2.45) is 5.73 Å². The minimum Gasteiger partial charge on any atom is -0.420 e. The van der Waals surface area contributed by atoms with Gasteiger partial charge in [-0.1, -0.05) is 18.2 Å². The molecule has 0 fully saturated rings. The fourth-order valence-corrected chi connectivity index (χ4v) is 4.00. The van der Waals surface area contributed by atoms with Crippen LogP contribution < -0.4 is 15.8 Å². The number of benzene rings is 1. The number of aromatic nitrogens is 3. The van der Waals surface area contributed by atoms with E-state index < -0.39 is 5.92 Å². The van der Waals surface area contributed by atoms with Crippen LogP contribution >= 0.6 is 0 Å². The molecule has 1 unspecified atom stereocenters. The molecule has 1 aromatic carbocycles. The first kappa shape index (κ1) is 20.5. The summed E-state index contributed by atoms with van der Waals surface area (Å²) in [5.74, 6) is -0.125. The molecular weight excluding hydrogens is 396 g/mol. The van der Waals surface area contributed by atoms with E-state index in [1.807, 2.05) is 42.0 Å². The second kappa shape index (κ2) is 8.53. The summed E-state index contributed by atoms with van der Waals surface area (Å²) >= 11 is 0. The van der Waals surface area contributed by atoms with Gasteiger partial charge in [0.25, 0.3) is 0 Å². The van der Waals surface area contributed by atoms with E-state index in [2.05, 4.69) is 21.6 Å². The quantitative estimate of drug-likeness (QED) is 0.501. The van der Waals surface area contributed by atoms with Gasteiger partial charge in [0.1, 0.15) is 18.2 Å². The van der Waals surface area contributed by atoms with Gasteiger partial charge < -0.3 is 25.1 Å². The number of hydrogen-bond donors (Lipinski definition) is 3. The van der Waals surface area contributed by atoms with E-state index in [4.69, 9.17) is 15.2 Å². The van der Waals surface area contributed by atoms with Crippen molar-refractivity contribution in [3.8, 4) is 11.9 Å². The second-order valence-electron chi connectivity index (χ2n) is 7.42. The lowest BCUT2D eigenvalue weighted by Crippen LogP contribution is -2.28. The van der Waals surface area contributed by atoms with Crippen LogP contribution in [-0.2, 0) is 16.1 Å². The number of amides is 1. The third kappa shape index (κ3) is 3.73. The van der Waals surface area contributed by atoms with E-state index in [-0.39, 0.29) is 18.3 Å².